The van der Waals surface area contributed by atoms with Crippen LogP contribution in [0.1, 0.15) is 11.6 Å². The van der Waals surface area contributed by atoms with Gasteiger partial charge >= 0.3 is 0 Å². The molecule has 0 aromatic heterocycles. The van der Waals surface area contributed by atoms with E-state index in [1.807, 2.05) is 6.07 Å². The molecule has 4 N–H and O–H groups in total. The normalized spacial score (nSPS) is 20.5. The van der Waals surface area contributed by atoms with Crippen LogP contribution >= 0.6 is 0 Å². The number of carbonyl (C=O) groups is 2. The molecule has 3 rings (SSSR count). The first-order valence-corrected chi connectivity index (χ1v) is 6.86. The van der Waals surface area contributed by atoms with Crippen LogP contribution in [0, 0.1) is 5.92 Å². The number of para-hydroxylation sites is 2. The van der Waals surface area contributed by atoms with Crippen molar-refractivity contribution >= 4 is 17.5 Å². The van der Waals surface area contributed by atoms with Gasteiger partial charge in [0.05, 0.1) is 6.04 Å². The second-order valence-electron chi connectivity index (χ2n) is 5.00. The second-order valence-corrected chi connectivity index (χ2v) is 5.00. The highest BCUT2D eigenvalue weighted by atomic mass is 16.3. The molecule has 1 saturated heterocycles. The summed E-state index contributed by atoms with van der Waals surface area (Å²) in [6, 6.07) is 14.9. The third kappa shape index (κ3) is 2.64. The molecule has 2 amide bonds. The molecule has 0 saturated carbocycles. The van der Waals surface area contributed by atoms with Crippen molar-refractivity contribution in [1.82, 2.24) is 10.9 Å². The van der Waals surface area contributed by atoms with E-state index in [4.69, 9.17) is 0 Å². The third-order valence-electron chi connectivity index (χ3n) is 3.56. The maximum atomic E-state index is 12.4. The van der Waals surface area contributed by atoms with Gasteiger partial charge in [0.25, 0.3) is 0 Å². The Morgan fingerprint density at radius 2 is 1.73 bits per heavy atom. The van der Waals surface area contributed by atoms with E-state index in [1.54, 1.807) is 42.5 Å². The van der Waals surface area contributed by atoms with Crippen LogP contribution in [0.4, 0.5) is 5.69 Å². The fourth-order valence-electron chi connectivity index (χ4n) is 2.48. The summed E-state index contributed by atoms with van der Waals surface area (Å²) in [4.78, 5) is 24.4. The highest BCUT2D eigenvalue weighted by molar-refractivity contribution is 6.08. The van der Waals surface area contributed by atoms with Gasteiger partial charge in [0.2, 0.25) is 11.8 Å². The number of hydrazine groups is 1. The smallest absolute Gasteiger partial charge is 0.248 e. The van der Waals surface area contributed by atoms with Gasteiger partial charge in [-0.15, -0.1) is 0 Å². The van der Waals surface area contributed by atoms with E-state index in [0.717, 1.165) is 0 Å². The predicted molar refractivity (Wildman–Crippen MR) is 80.7 cm³/mol. The van der Waals surface area contributed by atoms with Crippen molar-refractivity contribution in [1.29, 1.82) is 0 Å². The highest BCUT2D eigenvalue weighted by Gasteiger charge is 2.42. The number of nitrogens with one attached hydrogen (secondary N) is 3. The van der Waals surface area contributed by atoms with E-state index in [2.05, 4.69) is 16.2 Å². The number of hydrogen-bond donors (Lipinski definition) is 4. The fraction of sp³-hybridized carbons (Fsp3) is 0.125. The molecular weight excluding hydrogens is 282 g/mol. The molecular formula is C16H15N3O3. The van der Waals surface area contributed by atoms with Crippen molar-refractivity contribution in [2.24, 2.45) is 5.92 Å². The summed E-state index contributed by atoms with van der Waals surface area (Å²) >= 11 is 0. The molecule has 0 aliphatic carbocycles. The van der Waals surface area contributed by atoms with Crippen molar-refractivity contribution in [2.45, 2.75) is 6.04 Å². The van der Waals surface area contributed by atoms with E-state index in [-0.39, 0.29) is 5.75 Å². The summed E-state index contributed by atoms with van der Waals surface area (Å²) < 4.78 is 0. The molecule has 1 aliphatic heterocycles. The zero-order chi connectivity index (χ0) is 15.5. The molecule has 2 aromatic carbocycles. The molecule has 112 valence electrons. The van der Waals surface area contributed by atoms with Gasteiger partial charge in [-0.05, 0) is 18.2 Å². The lowest BCUT2D eigenvalue weighted by atomic mass is 9.93. The Hall–Kier alpha value is -2.86. The van der Waals surface area contributed by atoms with Crippen LogP contribution < -0.4 is 16.2 Å². The van der Waals surface area contributed by atoms with Crippen LogP contribution in [0.3, 0.4) is 0 Å². The first-order chi connectivity index (χ1) is 10.7. The largest absolute Gasteiger partial charge is 0.508 e. The Labute approximate surface area is 127 Å². The Kier molecular flexibility index (Phi) is 3.76. The maximum absolute atomic E-state index is 12.4. The molecule has 6 heteroatoms. The molecule has 1 heterocycles. The predicted octanol–water partition coefficient (Wildman–Crippen LogP) is 1.32. The fourth-order valence-corrected chi connectivity index (χ4v) is 2.48. The van der Waals surface area contributed by atoms with Gasteiger partial charge in [-0.3, -0.25) is 15.0 Å². The van der Waals surface area contributed by atoms with Crippen LogP contribution in [0.2, 0.25) is 0 Å². The molecule has 2 atom stereocenters. The molecule has 22 heavy (non-hydrogen) atoms. The lowest BCUT2D eigenvalue weighted by Crippen LogP contribution is -2.32. The van der Waals surface area contributed by atoms with Crippen molar-refractivity contribution < 1.29 is 14.7 Å². The minimum Gasteiger partial charge on any atom is -0.508 e. The monoisotopic (exact) mass is 297 g/mol. The summed E-state index contributed by atoms with van der Waals surface area (Å²) in [5.41, 5.74) is 6.32. The Bertz CT molecular complexity index is 703. The Balaban J connectivity index is 1.85. The van der Waals surface area contributed by atoms with Gasteiger partial charge in [-0.2, -0.15) is 0 Å². The van der Waals surface area contributed by atoms with Gasteiger partial charge in [0.15, 0.2) is 0 Å². The number of carbonyl (C=O) groups excluding carboxylic acids is 2. The average Bonchev–Trinajstić information content (AvgIpc) is 2.90. The lowest BCUT2D eigenvalue weighted by Gasteiger charge is -2.17. The molecule has 0 radical (unpaired) electrons. The molecule has 0 bridgehead atoms. The number of aromatic hydroxyl groups is 1. The summed E-state index contributed by atoms with van der Waals surface area (Å²) in [6.45, 7) is 0. The van der Waals surface area contributed by atoms with Gasteiger partial charge < -0.3 is 10.4 Å². The number of rotatable bonds is 3. The minimum absolute atomic E-state index is 0.0361. The van der Waals surface area contributed by atoms with Crippen LogP contribution in [0.15, 0.2) is 54.6 Å². The average molecular weight is 297 g/mol. The third-order valence-corrected chi connectivity index (χ3v) is 3.56. The maximum Gasteiger partial charge on any atom is 0.248 e. The first-order valence-electron chi connectivity index (χ1n) is 6.86. The van der Waals surface area contributed by atoms with Crippen molar-refractivity contribution in [3.05, 3.63) is 60.2 Å². The molecule has 0 unspecified atom stereocenters. The van der Waals surface area contributed by atoms with Gasteiger partial charge in [-0.25, -0.2) is 5.43 Å². The number of phenolic OH excluding ortho intramolecular Hbond substituents is 1. The van der Waals surface area contributed by atoms with Crippen LogP contribution in [0.25, 0.3) is 0 Å². The van der Waals surface area contributed by atoms with Crippen molar-refractivity contribution in [2.75, 3.05) is 5.32 Å². The number of hydrogen-bond acceptors (Lipinski definition) is 4. The zero-order valence-electron chi connectivity index (χ0n) is 11.6. The van der Waals surface area contributed by atoms with E-state index < -0.39 is 23.8 Å². The van der Waals surface area contributed by atoms with E-state index in [1.165, 1.54) is 6.07 Å². The van der Waals surface area contributed by atoms with Crippen molar-refractivity contribution in [3.63, 3.8) is 0 Å². The zero-order valence-corrected chi connectivity index (χ0v) is 11.6. The first kappa shape index (κ1) is 14.1. The van der Waals surface area contributed by atoms with E-state index >= 15 is 0 Å². The van der Waals surface area contributed by atoms with Crippen LogP contribution in [-0.4, -0.2) is 16.9 Å². The molecule has 0 spiro atoms. The molecule has 2 aromatic rings. The molecule has 1 fully saturated rings. The van der Waals surface area contributed by atoms with Gasteiger partial charge in [0.1, 0.15) is 11.7 Å². The SMILES string of the molecule is O=C1NN[C@@H](c2ccccc2O)[C@H]1C(=O)Nc1ccccc1. The minimum atomic E-state index is -0.964. The standard InChI is InChI=1S/C16H15N3O3/c20-12-9-5-4-8-11(12)14-13(16(22)19-18-14)15(21)17-10-6-2-1-3-7-10/h1-9,13-14,18,20H,(H,17,21)(H,19,22)/t13-,14-/m0/s1. The second kappa shape index (κ2) is 5.87. The number of benzene rings is 2. The molecule has 1 aliphatic rings. The highest BCUT2D eigenvalue weighted by Crippen LogP contribution is 2.32. The summed E-state index contributed by atoms with van der Waals surface area (Å²) in [5.74, 6) is -1.79. The lowest BCUT2D eigenvalue weighted by molar-refractivity contribution is -0.130. The topological polar surface area (TPSA) is 90.5 Å². The van der Waals surface area contributed by atoms with Gasteiger partial charge in [0, 0.05) is 11.3 Å². The van der Waals surface area contributed by atoms with E-state index in [9.17, 15) is 14.7 Å². The van der Waals surface area contributed by atoms with Gasteiger partial charge in [-0.1, -0.05) is 36.4 Å². The Morgan fingerprint density at radius 1 is 1.05 bits per heavy atom. The Morgan fingerprint density at radius 3 is 2.45 bits per heavy atom. The quantitative estimate of drug-likeness (QED) is 0.643. The van der Waals surface area contributed by atoms with Crippen LogP contribution in [0.5, 0.6) is 5.75 Å². The van der Waals surface area contributed by atoms with Crippen molar-refractivity contribution in [3.8, 4) is 5.75 Å². The number of amides is 2. The summed E-state index contributed by atoms with van der Waals surface area (Å²) in [6.07, 6.45) is 0. The molecule has 6 nitrogen and oxygen atoms in total. The number of anilines is 1. The van der Waals surface area contributed by atoms with E-state index in [0.29, 0.717) is 11.3 Å². The van der Waals surface area contributed by atoms with Crippen LogP contribution in [-0.2, 0) is 9.59 Å². The number of phenols is 1. The summed E-state index contributed by atoms with van der Waals surface area (Å²) in [5, 5.41) is 12.6. The summed E-state index contributed by atoms with van der Waals surface area (Å²) in [7, 11) is 0.